The van der Waals surface area contributed by atoms with Crippen molar-refractivity contribution in [1.82, 2.24) is 4.72 Å². The van der Waals surface area contributed by atoms with Crippen molar-refractivity contribution in [2.45, 2.75) is 18.7 Å². The van der Waals surface area contributed by atoms with Crippen molar-refractivity contribution in [1.29, 1.82) is 0 Å². The lowest BCUT2D eigenvalue weighted by Crippen LogP contribution is -2.31. The normalized spacial score (nSPS) is 11.2. The van der Waals surface area contributed by atoms with Gasteiger partial charge in [-0.2, -0.15) is 4.72 Å². The monoisotopic (exact) mass is 319 g/mol. The van der Waals surface area contributed by atoms with Crippen molar-refractivity contribution < 1.29 is 17.9 Å². The summed E-state index contributed by atoms with van der Waals surface area (Å²) in [7, 11) is -3.72. The Balaban J connectivity index is 1.97. The van der Waals surface area contributed by atoms with Crippen molar-refractivity contribution >= 4 is 16.0 Å². The van der Waals surface area contributed by atoms with Crippen LogP contribution in [-0.2, 0) is 14.8 Å². The molecule has 6 heteroatoms. The van der Waals surface area contributed by atoms with E-state index < -0.39 is 22.5 Å². The van der Waals surface area contributed by atoms with Crippen LogP contribution in [0.3, 0.4) is 0 Å². The van der Waals surface area contributed by atoms with Gasteiger partial charge in [-0.3, -0.25) is 4.79 Å². The maximum atomic E-state index is 12.0. The van der Waals surface area contributed by atoms with E-state index in [2.05, 4.69) is 4.72 Å². The highest BCUT2D eigenvalue weighted by atomic mass is 32.2. The summed E-state index contributed by atoms with van der Waals surface area (Å²) in [5, 5.41) is 0. The first kappa shape index (κ1) is 16.2. The van der Waals surface area contributed by atoms with E-state index in [0.717, 1.165) is 11.1 Å². The summed E-state index contributed by atoms with van der Waals surface area (Å²) >= 11 is 0. The van der Waals surface area contributed by atoms with E-state index in [1.165, 1.54) is 12.1 Å². The third-order valence-electron chi connectivity index (χ3n) is 2.96. The third-order valence-corrected chi connectivity index (χ3v) is 4.38. The Kier molecular flexibility index (Phi) is 4.95. The van der Waals surface area contributed by atoms with E-state index in [1.54, 1.807) is 30.3 Å². The molecule has 2 rings (SSSR count). The van der Waals surface area contributed by atoms with Crippen molar-refractivity contribution in [3.63, 3.8) is 0 Å². The van der Waals surface area contributed by atoms with Crippen molar-refractivity contribution in [3.8, 4) is 5.75 Å². The number of aryl methyl sites for hydroxylation is 2. The fraction of sp³-hybridized carbons (Fsp3) is 0.188. The van der Waals surface area contributed by atoms with E-state index in [9.17, 15) is 13.2 Å². The molecule has 0 aromatic heterocycles. The molecule has 0 bridgehead atoms. The van der Waals surface area contributed by atoms with Gasteiger partial charge in [0.2, 0.25) is 10.0 Å². The van der Waals surface area contributed by atoms with Gasteiger partial charge in [0, 0.05) is 0 Å². The summed E-state index contributed by atoms with van der Waals surface area (Å²) in [6.07, 6.45) is 0. The second kappa shape index (κ2) is 6.72. The van der Waals surface area contributed by atoms with Crippen LogP contribution in [-0.4, -0.2) is 20.9 Å². The Hall–Kier alpha value is -2.18. The van der Waals surface area contributed by atoms with Crippen LogP contribution in [0.15, 0.2) is 53.4 Å². The fourth-order valence-corrected chi connectivity index (χ4v) is 2.77. The minimum atomic E-state index is -3.72. The summed E-state index contributed by atoms with van der Waals surface area (Å²) in [4.78, 5) is 11.8. The molecule has 1 N–H and O–H groups in total. The number of benzene rings is 2. The molecule has 0 fully saturated rings. The molecule has 0 atom stereocenters. The van der Waals surface area contributed by atoms with Gasteiger partial charge in [-0.25, -0.2) is 8.42 Å². The standard InChI is InChI=1S/C16H17NO4S/c1-12-6-8-15(9-7-12)22(19,20)17-11-16(18)21-14-5-3-4-13(2)10-14/h3-10,17H,11H2,1-2H3. The summed E-state index contributed by atoms with van der Waals surface area (Å²) in [6, 6.07) is 13.3. The average Bonchev–Trinajstić information content (AvgIpc) is 2.46. The SMILES string of the molecule is Cc1ccc(S(=O)(=O)NCC(=O)Oc2cccc(C)c2)cc1. The van der Waals surface area contributed by atoms with Crippen molar-refractivity contribution in [2.24, 2.45) is 0 Å². The highest BCUT2D eigenvalue weighted by molar-refractivity contribution is 7.89. The molecule has 0 radical (unpaired) electrons. The minimum Gasteiger partial charge on any atom is -0.426 e. The van der Waals surface area contributed by atoms with Gasteiger partial charge in [0.15, 0.2) is 0 Å². The molecule has 2 aromatic rings. The van der Waals surface area contributed by atoms with Gasteiger partial charge < -0.3 is 4.74 Å². The van der Waals surface area contributed by atoms with Gasteiger partial charge in [-0.05, 0) is 43.7 Å². The van der Waals surface area contributed by atoms with Crippen LogP contribution in [0.2, 0.25) is 0 Å². The molecule has 0 aliphatic carbocycles. The number of carbonyl (C=O) groups is 1. The molecule has 2 aromatic carbocycles. The molecule has 0 aliphatic rings. The Labute approximate surface area is 130 Å². The molecule has 0 saturated heterocycles. The lowest BCUT2D eigenvalue weighted by molar-refractivity contribution is -0.133. The Morgan fingerprint density at radius 2 is 1.73 bits per heavy atom. The predicted molar refractivity (Wildman–Crippen MR) is 83.2 cm³/mol. The number of ether oxygens (including phenoxy) is 1. The molecule has 116 valence electrons. The Morgan fingerprint density at radius 3 is 2.36 bits per heavy atom. The zero-order valence-corrected chi connectivity index (χ0v) is 13.2. The number of rotatable bonds is 5. The van der Waals surface area contributed by atoms with E-state index >= 15 is 0 Å². The first-order valence-corrected chi connectivity index (χ1v) is 8.19. The number of esters is 1. The maximum absolute atomic E-state index is 12.0. The number of hydrogen-bond donors (Lipinski definition) is 1. The van der Waals surface area contributed by atoms with Crippen LogP contribution >= 0.6 is 0 Å². The molecule has 0 heterocycles. The molecule has 0 aliphatic heterocycles. The van der Waals surface area contributed by atoms with Crippen molar-refractivity contribution in [2.75, 3.05) is 6.54 Å². The highest BCUT2D eigenvalue weighted by Gasteiger charge is 2.16. The largest absolute Gasteiger partial charge is 0.426 e. The molecular formula is C16H17NO4S. The third kappa shape index (κ3) is 4.41. The Bertz CT molecular complexity index is 767. The molecular weight excluding hydrogens is 302 g/mol. The topological polar surface area (TPSA) is 72.5 Å². The van der Waals surface area contributed by atoms with Gasteiger partial charge in [0.25, 0.3) is 0 Å². The van der Waals surface area contributed by atoms with Crippen LogP contribution in [0.5, 0.6) is 5.75 Å². The summed E-state index contributed by atoms with van der Waals surface area (Å²) in [5.41, 5.74) is 1.91. The number of hydrogen-bond acceptors (Lipinski definition) is 4. The van der Waals surface area contributed by atoms with Crippen LogP contribution in [0.1, 0.15) is 11.1 Å². The number of carbonyl (C=O) groups excluding carboxylic acids is 1. The quantitative estimate of drug-likeness (QED) is 0.677. The Morgan fingerprint density at radius 1 is 1.05 bits per heavy atom. The molecule has 0 unspecified atom stereocenters. The van der Waals surface area contributed by atoms with Gasteiger partial charge in [0.1, 0.15) is 12.3 Å². The summed E-state index contributed by atoms with van der Waals surface area (Å²) < 4.78 is 31.4. The smallest absolute Gasteiger partial charge is 0.326 e. The molecule has 5 nitrogen and oxygen atoms in total. The lowest BCUT2D eigenvalue weighted by Gasteiger charge is -2.08. The zero-order valence-electron chi connectivity index (χ0n) is 12.4. The van der Waals surface area contributed by atoms with Crippen LogP contribution in [0.25, 0.3) is 0 Å². The van der Waals surface area contributed by atoms with E-state index in [-0.39, 0.29) is 4.90 Å². The van der Waals surface area contributed by atoms with Gasteiger partial charge >= 0.3 is 5.97 Å². The van der Waals surface area contributed by atoms with Gasteiger partial charge in [-0.15, -0.1) is 0 Å². The molecule has 0 spiro atoms. The van der Waals surface area contributed by atoms with E-state index in [0.29, 0.717) is 5.75 Å². The molecule has 22 heavy (non-hydrogen) atoms. The molecule has 0 amide bonds. The van der Waals surface area contributed by atoms with E-state index in [4.69, 9.17) is 4.74 Å². The summed E-state index contributed by atoms with van der Waals surface area (Å²) in [6.45, 7) is 3.31. The molecule has 0 saturated carbocycles. The van der Waals surface area contributed by atoms with E-state index in [1.807, 2.05) is 19.9 Å². The second-order valence-corrected chi connectivity index (χ2v) is 6.70. The lowest BCUT2D eigenvalue weighted by atomic mass is 10.2. The zero-order chi connectivity index (χ0) is 16.2. The minimum absolute atomic E-state index is 0.112. The van der Waals surface area contributed by atoms with Crippen molar-refractivity contribution in [3.05, 3.63) is 59.7 Å². The van der Waals surface area contributed by atoms with Gasteiger partial charge in [0.05, 0.1) is 4.90 Å². The van der Waals surface area contributed by atoms with Crippen LogP contribution < -0.4 is 9.46 Å². The average molecular weight is 319 g/mol. The summed E-state index contributed by atoms with van der Waals surface area (Å²) in [5.74, 6) is -0.277. The first-order valence-electron chi connectivity index (χ1n) is 6.70. The van der Waals surface area contributed by atoms with Crippen LogP contribution in [0, 0.1) is 13.8 Å². The van der Waals surface area contributed by atoms with Crippen LogP contribution in [0.4, 0.5) is 0 Å². The fourth-order valence-electron chi connectivity index (χ4n) is 1.80. The highest BCUT2D eigenvalue weighted by Crippen LogP contribution is 2.13. The second-order valence-electron chi connectivity index (χ2n) is 4.93. The number of nitrogens with one attached hydrogen (secondary N) is 1. The van der Waals surface area contributed by atoms with Gasteiger partial charge in [-0.1, -0.05) is 29.8 Å². The number of sulfonamides is 1. The predicted octanol–water partition coefficient (Wildman–Crippen LogP) is 2.19. The maximum Gasteiger partial charge on any atom is 0.326 e. The first-order chi connectivity index (χ1) is 10.4.